The first-order valence-corrected chi connectivity index (χ1v) is 44.0. The zero-order chi connectivity index (χ0) is 82.4. The maximum Gasteiger partial charge on any atom is 0.251 e. The average Bonchev–Trinajstić information content (AvgIpc) is 1.84. The van der Waals surface area contributed by atoms with E-state index in [2.05, 4.69) is 112 Å². The van der Waals surface area contributed by atoms with Gasteiger partial charge >= 0.3 is 0 Å². The predicted molar refractivity (Wildman–Crippen MR) is 476 cm³/mol. The van der Waals surface area contributed by atoms with E-state index in [9.17, 15) is 28.8 Å². The highest BCUT2D eigenvalue weighted by molar-refractivity contribution is 6.35. The van der Waals surface area contributed by atoms with Gasteiger partial charge in [0.05, 0.1) is 18.1 Å². The lowest BCUT2D eigenvalue weighted by molar-refractivity contribution is -0.134. The Morgan fingerprint density at radius 3 is 1.34 bits per heavy atom. The van der Waals surface area contributed by atoms with Gasteiger partial charge in [-0.05, 0) is 263 Å². The smallest absolute Gasteiger partial charge is 0.251 e. The third-order valence-corrected chi connectivity index (χ3v) is 25.2. The van der Waals surface area contributed by atoms with Gasteiger partial charge in [0.25, 0.3) is 17.7 Å². The first-order valence-electron chi connectivity index (χ1n) is 42.1. The van der Waals surface area contributed by atoms with Crippen LogP contribution in [-0.4, -0.2) is 193 Å². The summed E-state index contributed by atoms with van der Waals surface area (Å²) in [6.45, 7) is 24.3. The third-order valence-electron chi connectivity index (χ3n) is 24.1. The van der Waals surface area contributed by atoms with Gasteiger partial charge in [-0.15, -0.1) is 0 Å². The van der Waals surface area contributed by atoms with Gasteiger partial charge in [0.15, 0.2) is 0 Å². The van der Waals surface area contributed by atoms with E-state index >= 15 is 0 Å². The number of carbonyl (C=O) groups is 6. The van der Waals surface area contributed by atoms with E-state index in [0.717, 1.165) is 122 Å². The van der Waals surface area contributed by atoms with Gasteiger partial charge in [0.2, 0.25) is 17.7 Å². The number of rotatable bonds is 27. The average molecular weight is 1680 g/mol. The van der Waals surface area contributed by atoms with Crippen molar-refractivity contribution in [3.05, 3.63) is 211 Å². The summed E-state index contributed by atoms with van der Waals surface area (Å²) in [7, 11) is 0. The van der Waals surface area contributed by atoms with Crippen molar-refractivity contribution in [3.63, 3.8) is 0 Å². The van der Waals surface area contributed by atoms with Crippen LogP contribution in [0, 0.1) is 11.8 Å². The number of nitrogens with one attached hydrogen (secondary N) is 6. The molecule has 0 bridgehead atoms. The van der Waals surface area contributed by atoms with Crippen LogP contribution < -0.4 is 37.6 Å². The lowest BCUT2D eigenvalue weighted by Crippen LogP contribution is -2.56. The van der Waals surface area contributed by atoms with Crippen LogP contribution in [-0.2, 0) is 20.9 Å². The Kier molecular flexibility index (Phi) is 33.5. The molecule has 5 aliphatic heterocycles. The SMILES string of the molecule is CC[C@@H](CN1CC[C@@H](CNC(=O)c2ccc3cc(Cl)ccc3c2)N[C@@H](CCN)C1=O)C(C)C.CC[C@H](CN1CC[C@@H](CNC(=O)c2ccc3cc(Cl)ccc3c2)N[C@@H](CC(C)(C)N2CCCCC2)C1=O)c1ccccc1.O=C(NC[C@@H]1CCN(Cc2cc(Cl)cc(Cl)c2)C(=O)[C@H](CCN2CCCCC2)N1)c1ccc2cc(Cl)ccc2c1. The Bertz CT molecular complexity index is 4600. The van der Waals surface area contributed by atoms with Crippen molar-refractivity contribution < 1.29 is 28.8 Å². The van der Waals surface area contributed by atoms with Crippen LogP contribution in [0.1, 0.15) is 180 Å². The lowest BCUT2D eigenvalue weighted by Gasteiger charge is -2.43. The lowest BCUT2D eigenvalue weighted by atomic mass is 9.90. The molecule has 622 valence electrons. The zero-order valence-corrected chi connectivity index (χ0v) is 72.1. The minimum absolute atomic E-state index is 0.00359. The topological polar surface area (TPSA) is 217 Å². The molecule has 5 fully saturated rings. The van der Waals surface area contributed by atoms with E-state index in [1.807, 2.05) is 137 Å². The second kappa shape index (κ2) is 43.5. The first kappa shape index (κ1) is 89.4. The molecule has 8 atom stereocenters. The molecule has 0 aromatic heterocycles. The molecule has 0 spiro atoms. The quantitative estimate of drug-likeness (QED) is 0.0256. The predicted octanol–water partition coefficient (Wildman–Crippen LogP) is 16.6. The Morgan fingerprint density at radius 2 is 0.879 bits per heavy atom. The Hall–Kier alpha value is -7.43. The second-order valence-corrected chi connectivity index (χ2v) is 35.4. The van der Waals surface area contributed by atoms with Crippen molar-refractivity contribution in [1.29, 1.82) is 0 Å². The van der Waals surface area contributed by atoms with Crippen molar-refractivity contribution in [2.45, 2.75) is 186 Å². The number of halogens is 5. The van der Waals surface area contributed by atoms with Crippen LogP contribution in [0.3, 0.4) is 0 Å². The molecule has 5 heterocycles. The summed E-state index contributed by atoms with van der Waals surface area (Å²) >= 11 is 30.8. The number of carbonyl (C=O) groups excluding carboxylic acids is 6. The molecular formula is C93H119Cl5N12O6. The summed E-state index contributed by atoms with van der Waals surface area (Å²) in [5.74, 6) is 1.32. The molecule has 5 aliphatic rings. The standard InChI is InChI=1S/C36H47ClN4O2.C31H35Cl3N4O2.C26H37ClN4O2/c1-4-26(27-11-7-5-8-12-27)25-40-20-17-32(39-33(35(40)43)23-36(2,3)41-18-9-6-10-19-41)24-38-34(42)30-14-13-29-22-31(37)16-15-28(29)21-30;32-25-7-6-22-16-24(5-4-23(22)17-25)30(39)35-19-28-8-13-38(20-21-14-26(33)18-27(34)15-21)31(40)29(36-28)9-12-37-10-2-1-3-11-37;1-4-18(17(2)3)16-31-12-10-23(30-24(9-11-28)26(31)33)15-29-25(32)21-6-5-20-14-22(27)8-7-19(20)13-21/h5,7-8,11-16,21-22,26,32-33,39H,4,6,9-10,17-20,23-25H2,1-3H3,(H,38,42);4-7,14-18,28-29,36H,1-3,8-13,19-20H2,(H,35,39);5-8,13-14,17-18,23-24,30H,4,9-12,15-16,28H2,1-3H3,(H,29,32)/t26-,32+,33+;28-,29-;18-,23-,24-/m100/s1. The molecule has 8 aromatic rings. The maximum atomic E-state index is 14.2. The van der Waals surface area contributed by atoms with E-state index in [4.69, 9.17) is 63.7 Å². The fraction of sp³-hybridized carbons (Fsp3) is 0.484. The van der Waals surface area contributed by atoms with Crippen molar-refractivity contribution >= 4 is 126 Å². The summed E-state index contributed by atoms with van der Waals surface area (Å²) < 4.78 is 0. The van der Waals surface area contributed by atoms with Crippen molar-refractivity contribution in [2.24, 2.45) is 17.6 Å². The minimum atomic E-state index is -0.327. The molecule has 116 heavy (non-hydrogen) atoms. The summed E-state index contributed by atoms with van der Waals surface area (Å²) in [6, 6.07) is 48.8. The summed E-state index contributed by atoms with van der Waals surface area (Å²) in [5, 5.41) is 29.1. The molecule has 8 N–H and O–H groups in total. The fourth-order valence-electron chi connectivity index (χ4n) is 17.1. The molecular weight excluding hydrogens is 1560 g/mol. The van der Waals surface area contributed by atoms with Crippen molar-refractivity contribution in [2.75, 3.05) is 91.6 Å². The molecule has 0 saturated carbocycles. The van der Waals surface area contributed by atoms with Crippen molar-refractivity contribution in [1.82, 2.24) is 56.4 Å². The normalized spacial score (nSPS) is 20.6. The molecule has 6 amide bonds. The van der Waals surface area contributed by atoms with E-state index < -0.39 is 0 Å². The number of piperidine rings is 2. The van der Waals surface area contributed by atoms with Crippen LogP contribution in [0.5, 0.6) is 0 Å². The largest absolute Gasteiger partial charge is 0.350 e. The van der Waals surface area contributed by atoms with Crippen LogP contribution in [0.2, 0.25) is 25.1 Å². The zero-order valence-electron chi connectivity index (χ0n) is 68.4. The Balaban J connectivity index is 0.000000173. The van der Waals surface area contributed by atoms with Crippen molar-refractivity contribution in [3.8, 4) is 0 Å². The van der Waals surface area contributed by atoms with Gasteiger partial charge in [-0.1, -0.05) is 172 Å². The number of benzene rings is 8. The summed E-state index contributed by atoms with van der Waals surface area (Å²) in [5.41, 5.74) is 9.72. The minimum Gasteiger partial charge on any atom is -0.350 e. The van der Waals surface area contributed by atoms with Gasteiger partial charge in [-0.25, -0.2) is 0 Å². The van der Waals surface area contributed by atoms with Gasteiger partial charge in [0, 0.05) is 137 Å². The molecule has 0 aliphatic carbocycles. The van der Waals surface area contributed by atoms with Gasteiger partial charge in [0.1, 0.15) is 0 Å². The maximum absolute atomic E-state index is 14.2. The van der Waals surface area contributed by atoms with Crippen LogP contribution in [0.4, 0.5) is 0 Å². The van der Waals surface area contributed by atoms with E-state index in [0.29, 0.717) is 125 Å². The van der Waals surface area contributed by atoms with Crippen LogP contribution in [0.15, 0.2) is 158 Å². The number of fused-ring (bicyclic) bond motifs is 3. The molecule has 18 nitrogen and oxygen atoms in total. The second-order valence-electron chi connectivity index (χ2n) is 33.2. The molecule has 13 rings (SSSR count). The molecule has 5 saturated heterocycles. The van der Waals surface area contributed by atoms with E-state index in [-0.39, 0.29) is 77.2 Å². The fourth-order valence-corrected chi connectivity index (χ4v) is 18.2. The monoisotopic (exact) mass is 1670 g/mol. The van der Waals surface area contributed by atoms with Crippen LogP contribution in [0.25, 0.3) is 32.3 Å². The third kappa shape index (κ3) is 25.6. The van der Waals surface area contributed by atoms with Gasteiger partial charge < -0.3 is 57.2 Å². The van der Waals surface area contributed by atoms with E-state index in [1.165, 1.54) is 44.1 Å². The highest BCUT2D eigenvalue weighted by Gasteiger charge is 2.40. The number of likely N-dealkylation sites (tertiary alicyclic amines) is 2. The van der Waals surface area contributed by atoms with Crippen LogP contribution >= 0.6 is 58.0 Å². The number of hydrogen-bond donors (Lipinski definition) is 7. The number of nitrogens with two attached hydrogens (primary N) is 1. The summed E-state index contributed by atoms with van der Waals surface area (Å²) in [6.07, 6.45) is 13.8. The first-order chi connectivity index (χ1) is 55.9. The van der Waals surface area contributed by atoms with Gasteiger partial charge in [-0.2, -0.15) is 0 Å². The summed E-state index contributed by atoms with van der Waals surface area (Å²) in [4.78, 5) is 91.2. The highest BCUT2D eigenvalue weighted by Crippen LogP contribution is 2.32. The highest BCUT2D eigenvalue weighted by atomic mass is 35.5. The number of hydrogen-bond acceptors (Lipinski definition) is 12. The molecule has 8 aromatic carbocycles. The molecule has 0 radical (unpaired) electrons. The Morgan fingerprint density at radius 1 is 0.466 bits per heavy atom. The Labute approximate surface area is 711 Å². The number of nitrogens with zero attached hydrogens (tertiary/aromatic N) is 5. The van der Waals surface area contributed by atoms with Gasteiger partial charge in [-0.3, -0.25) is 33.7 Å². The number of amides is 6. The molecule has 23 heteroatoms. The van der Waals surface area contributed by atoms with E-state index in [1.54, 1.807) is 6.07 Å². The molecule has 0 unspecified atom stereocenters.